The quantitative estimate of drug-likeness (QED) is 0.486. The van der Waals surface area contributed by atoms with E-state index in [0.717, 1.165) is 12.3 Å². The molecular formula is C7H10O. The summed E-state index contributed by atoms with van der Waals surface area (Å²) in [5.74, 6) is 2.32. The highest BCUT2D eigenvalue weighted by molar-refractivity contribution is 5.16. The Kier molecular flexibility index (Phi) is 0.345. The van der Waals surface area contributed by atoms with Gasteiger partial charge in [0.2, 0.25) is 0 Å². The molecule has 1 N–H and O–H groups in total. The topological polar surface area (TPSA) is 20.2 Å². The van der Waals surface area contributed by atoms with Gasteiger partial charge in [-0.2, -0.15) is 0 Å². The summed E-state index contributed by atoms with van der Waals surface area (Å²) in [6, 6.07) is 0. The lowest BCUT2D eigenvalue weighted by atomic mass is 10.1. The van der Waals surface area contributed by atoms with Crippen molar-refractivity contribution in [1.29, 1.82) is 0 Å². The first-order valence-corrected chi connectivity index (χ1v) is 3.41. The van der Waals surface area contributed by atoms with Gasteiger partial charge in [-0.25, -0.2) is 0 Å². The Morgan fingerprint density at radius 3 is 2.50 bits per heavy atom. The summed E-state index contributed by atoms with van der Waals surface area (Å²) in [5.41, 5.74) is 0. The maximum Gasteiger partial charge on any atom is 0.0602 e. The van der Waals surface area contributed by atoms with Crippen LogP contribution in [0.25, 0.3) is 0 Å². The zero-order chi connectivity index (χ0) is 6.17. The van der Waals surface area contributed by atoms with Gasteiger partial charge >= 0.3 is 0 Å². The average Bonchev–Trinajstić information content (AvgIpc) is 2.18. The summed E-state index contributed by atoms with van der Waals surface area (Å²) < 4.78 is 7.60. The standard InChI is InChI=1S/C7H10O/c8-7-3-1-4-5(2-3)6(4)7/h3-8H,1-2H2/t3-,4+,5-,6+,7-/m0/s1/i1D/t1-,3-,4+,5-,6+,7+/m1. The highest BCUT2D eigenvalue weighted by atomic mass is 16.3. The molecule has 0 unspecified atom stereocenters. The molecule has 0 saturated heterocycles. The van der Waals surface area contributed by atoms with Crippen LogP contribution in [0.4, 0.5) is 0 Å². The highest BCUT2D eigenvalue weighted by Gasteiger charge is 2.68. The van der Waals surface area contributed by atoms with E-state index in [9.17, 15) is 5.11 Å². The second kappa shape index (κ2) is 0.860. The van der Waals surface area contributed by atoms with Gasteiger partial charge in [0.25, 0.3) is 0 Å². The van der Waals surface area contributed by atoms with E-state index in [2.05, 4.69) is 0 Å². The normalized spacial score (nSPS) is 84.9. The molecule has 0 aromatic rings. The summed E-state index contributed by atoms with van der Waals surface area (Å²) in [4.78, 5) is 0. The Morgan fingerprint density at radius 2 is 2.38 bits per heavy atom. The molecule has 1 nitrogen and oxygen atoms in total. The molecule has 8 heavy (non-hydrogen) atoms. The van der Waals surface area contributed by atoms with Gasteiger partial charge in [0.05, 0.1) is 6.10 Å². The Morgan fingerprint density at radius 1 is 1.50 bits per heavy atom. The van der Waals surface area contributed by atoms with Crippen molar-refractivity contribution >= 4 is 0 Å². The van der Waals surface area contributed by atoms with Crippen LogP contribution in [0.3, 0.4) is 0 Å². The van der Waals surface area contributed by atoms with Crippen LogP contribution < -0.4 is 0 Å². The fourth-order valence-electron chi connectivity index (χ4n) is 2.71. The van der Waals surface area contributed by atoms with E-state index in [4.69, 9.17) is 1.37 Å². The smallest absolute Gasteiger partial charge is 0.0602 e. The largest absolute Gasteiger partial charge is 0.393 e. The van der Waals surface area contributed by atoms with Gasteiger partial charge in [0, 0.05) is 1.37 Å². The lowest BCUT2D eigenvalue weighted by Crippen LogP contribution is -2.09. The maximum absolute atomic E-state index is 9.40. The number of hydrogen-bond donors (Lipinski definition) is 1. The Labute approximate surface area is 50.1 Å². The molecule has 6 atom stereocenters. The molecule has 4 saturated carbocycles. The third-order valence-electron chi connectivity index (χ3n) is 3.14. The van der Waals surface area contributed by atoms with Crippen LogP contribution >= 0.6 is 0 Å². The number of rotatable bonds is 0. The van der Waals surface area contributed by atoms with E-state index in [-0.39, 0.29) is 12.5 Å². The van der Waals surface area contributed by atoms with Gasteiger partial charge in [-0.1, -0.05) is 0 Å². The Hall–Kier alpha value is -0.0400. The van der Waals surface area contributed by atoms with Gasteiger partial charge in [-0.15, -0.1) is 0 Å². The van der Waals surface area contributed by atoms with Crippen molar-refractivity contribution in [2.75, 3.05) is 0 Å². The van der Waals surface area contributed by atoms with Crippen molar-refractivity contribution in [2.45, 2.75) is 18.9 Å². The van der Waals surface area contributed by atoms with Crippen LogP contribution in [0.15, 0.2) is 0 Å². The fourth-order valence-corrected chi connectivity index (χ4v) is 2.71. The lowest BCUT2D eigenvalue weighted by Gasteiger charge is -2.03. The summed E-state index contributed by atoms with van der Waals surface area (Å²) >= 11 is 0. The highest BCUT2D eigenvalue weighted by Crippen LogP contribution is 2.70. The zero-order valence-electron chi connectivity index (χ0n) is 5.62. The molecular weight excluding hydrogens is 100 g/mol. The van der Waals surface area contributed by atoms with Crippen LogP contribution in [-0.4, -0.2) is 11.2 Å². The molecule has 4 aliphatic rings. The first-order chi connectivity index (χ1) is 4.30. The summed E-state index contributed by atoms with van der Waals surface area (Å²) in [7, 11) is 0. The molecule has 1 heteroatoms. The van der Waals surface area contributed by atoms with E-state index in [1.54, 1.807) is 0 Å². The molecule has 0 amide bonds. The van der Waals surface area contributed by atoms with Crippen molar-refractivity contribution in [2.24, 2.45) is 23.7 Å². The number of aliphatic hydroxyl groups excluding tert-OH is 1. The average molecular weight is 111 g/mol. The molecule has 0 radical (unpaired) electrons. The van der Waals surface area contributed by atoms with Crippen LogP contribution in [0, 0.1) is 23.7 Å². The van der Waals surface area contributed by atoms with Crippen molar-refractivity contribution in [3.8, 4) is 0 Å². The van der Waals surface area contributed by atoms with E-state index in [1.165, 1.54) is 0 Å². The maximum atomic E-state index is 9.40. The van der Waals surface area contributed by atoms with Gasteiger partial charge in [-0.05, 0) is 36.5 Å². The fraction of sp³-hybridized carbons (Fsp3) is 1.00. The SMILES string of the molecule is [2H][C@@H]1[C@@H]2C[C@H]3[C@@H]([C@H]2O)[C@@H]13. The van der Waals surface area contributed by atoms with Crippen LogP contribution in [0.1, 0.15) is 14.2 Å². The van der Waals surface area contributed by atoms with Crippen molar-refractivity contribution < 1.29 is 6.48 Å². The third kappa shape index (κ3) is 0.218. The minimum absolute atomic E-state index is 0.0810. The number of aliphatic hydroxyl groups is 1. The second-order valence-corrected chi connectivity index (χ2v) is 3.40. The van der Waals surface area contributed by atoms with Crippen molar-refractivity contribution in [3.05, 3.63) is 0 Å². The molecule has 4 rings (SSSR count). The molecule has 0 aromatic heterocycles. The molecule has 44 valence electrons. The van der Waals surface area contributed by atoms with E-state index in [1.807, 2.05) is 0 Å². The van der Waals surface area contributed by atoms with Crippen LogP contribution in [0.5, 0.6) is 0 Å². The van der Waals surface area contributed by atoms with Crippen molar-refractivity contribution in [3.63, 3.8) is 0 Å². The molecule has 4 aliphatic carbocycles. The Bertz CT molecular complexity index is 150. The predicted octanol–water partition coefficient (Wildman–Crippen LogP) is 0.633. The summed E-state index contributed by atoms with van der Waals surface area (Å²) in [6.07, 6.45) is 1.18. The predicted molar refractivity (Wildman–Crippen MR) is 29.2 cm³/mol. The van der Waals surface area contributed by atoms with Gasteiger partial charge in [0.15, 0.2) is 0 Å². The first kappa shape index (κ1) is 3.21. The lowest BCUT2D eigenvalue weighted by molar-refractivity contribution is 0.135. The van der Waals surface area contributed by atoms with Crippen molar-refractivity contribution in [1.82, 2.24) is 0 Å². The van der Waals surface area contributed by atoms with E-state index >= 15 is 0 Å². The summed E-state index contributed by atoms with van der Waals surface area (Å²) in [5, 5.41) is 9.40. The monoisotopic (exact) mass is 111 g/mol. The van der Waals surface area contributed by atoms with Crippen LogP contribution in [0.2, 0.25) is 0 Å². The summed E-state index contributed by atoms with van der Waals surface area (Å²) in [6.45, 7) is 0. The molecule has 4 fully saturated rings. The third-order valence-corrected chi connectivity index (χ3v) is 3.14. The molecule has 0 heterocycles. The molecule has 0 aliphatic heterocycles. The molecule has 0 aromatic carbocycles. The first-order valence-electron chi connectivity index (χ1n) is 3.99. The van der Waals surface area contributed by atoms with Crippen LogP contribution in [-0.2, 0) is 0 Å². The van der Waals surface area contributed by atoms with E-state index in [0.29, 0.717) is 17.8 Å². The van der Waals surface area contributed by atoms with E-state index < -0.39 is 0 Å². The number of hydrogen-bond acceptors (Lipinski definition) is 1. The molecule has 0 spiro atoms. The second-order valence-electron chi connectivity index (χ2n) is 3.40. The zero-order valence-corrected chi connectivity index (χ0v) is 4.62. The Balaban J connectivity index is 2.07. The minimum Gasteiger partial charge on any atom is -0.393 e. The minimum atomic E-state index is -0.0810. The van der Waals surface area contributed by atoms with Gasteiger partial charge in [-0.3, -0.25) is 0 Å². The molecule has 4 bridgehead atoms. The van der Waals surface area contributed by atoms with Gasteiger partial charge < -0.3 is 5.11 Å². The van der Waals surface area contributed by atoms with Gasteiger partial charge in [0.1, 0.15) is 0 Å².